The minimum absolute atomic E-state index is 0.0554. The van der Waals surface area contributed by atoms with Gasteiger partial charge in [-0.2, -0.15) is 0 Å². The van der Waals surface area contributed by atoms with E-state index in [2.05, 4.69) is 4.98 Å². The molecule has 0 spiro atoms. The number of thiazole rings is 1. The Morgan fingerprint density at radius 2 is 2.06 bits per heavy atom. The average molecular weight is 483 g/mol. The van der Waals surface area contributed by atoms with E-state index in [0.717, 1.165) is 15.4 Å². The zero-order valence-corrected chi connectivity index (χ0v) is 19.5. The van der Waals surface area contributed by atoms with Gasteiger partial charge in [0.15, 0.2) is 0 Å². The minimum atomic E-state index is -0.843. The summed E-state index contributed by atoms with van der Waals surface area (Å²) in [6, 6.07) is 5.40. The summed E-state index contributed by atoms with van der Waals surface area (Å²) in [7, 11) is 0. The van der Waals surface area contributed by atoms with Crippen LogP contribution >= 0.6 is 11.3 Å². The molecule has 176 valence electrons. The Labute approximate surface area is 198 Å². The van der Waals surface area contributed by atoms with Gasteiger partial charge >= 0.3 is 5.97 Å². The van der Waals surface area contributed by atoms with Crippen molar-refractivity contribution >= 4 is 39.3 Å². The second kappa shape index (κ2) is 8.03. The zero-order chi connectivity index (χ0) is 24.3. The van der Waals surface area contributed by atoms with Crippen LogP contribution in [0.2, 0.25) is 0 Å². The number of nitrogens with zero attached hydrogens (tertiary/aromatic N) is 4. The van der Waals surface area contributed by atoms with Crippen LogP contribution in [-0.2, 0) is 20.9 Å². The molecule has 1 saturated heterocycles. The first-order chi connectivity index (χ1) is 16.2. The number of hydrogen-bond acceptors (Lipinski definition) is 8. The molecule has 34 heavy (non-hydrogen) atoms. The molecule has 2 aliphatic heterocycles. The van der Waals surface area contributed by atoms with Gasteiger partial charge in [-0.25, -0.2) is 9.78 Å². The van der Waals surface area contributed by atoms with E-state index in [1.165, 1.54) is 40.5 Å². The van der Waals surface area contributed by atoms with Gasteiger partial charge in [-0.15, -0.1) is 11.3 Å². The molecule has 1 N–H and O–H groups in total. The summed E-state index contributed by atoms with van der Waals surface area (Å²) < 4.78 is 7.48. The van der Waals surface area contributed by atoms with Crippen molar-refractivity contribution in [2.24, 2.45) is 11.8 Å². The molecule has 4 heterocycles. The molecule has 1 amide bonds. The van der Waals surface area contributed by atoms with E-state index in [1.54, 1.807) is 19.4 Å². The van der Waals surface area contributed by atoms with Crippen molar-refractivity contribution < 1.29 is 24.4 Å². The number of β-lactam (4-membered cyclic amide) rings is 1. The van der Waals surface area contributed by atoms with E-state index in [1.807, 2.05) is 18.2 Å². The van der Waals surface area contributed by atoms with Crippen LogP contribution in [0.1, 0.15) is 30.0 Å². The summed E-state index contributed by atoms with van der Waals surface area (Å²) >= 11 is 1.54. The first-order valence-corrected chi connectivity index (χ1v) is 11.6. The van der Waals surface area contributed by atoms with Crippen LogP contribution in [0.3, 0.4) is 0 Å². The molecule has 2 aromatic heterocycles. The van der Waals surface area contributed by atoms with Gasteiger partial charge in [-0.1, -0.05) is 6.92 Å². The third-order valence-electron chi connectivity index (χ3n) is 6.57. The number of imidazole rings is 1. The van der Waals surface area contributed by atoms with Crippen molar-refractivity contribution in [2.75, 3.05) is 0 Å². The number of nitro groups is 1. The Morgan fingerprint density at radius 1 is 1.35 bits per heavy atom. The standard InChI is InChI=1S/C23H22N4O6S/c1-11-17(20-13(3)34-16-8-24-10-25(16)20)21(26-19(11)18(12(2)28)22(26)29)23(30)33-9-14-4-6-15(7-5-14)27(31)32/h4-8,10-12,18-19,28H,9H2,1-3H3/t11-,12+,18+,19+/m0/s1. The molecule has 0 saturated carbocycles. The number of hydrogen-bond donors (Lipinski definition) is 1. The fourth-order valence-corrected chi connectivity index (χ4v) is 5.99. The average Bonchev–Trinajstić information content (AvgIpc) is 3.42. The second-order valence-electron chi connectivity index (χ2n) is 8.62. The van der Waals surface area contributed by atoms with Crippen molar-refractivity contribution in [1.29, 1.82) is 0 Å². The SMILES string of the molecule is Cc1sc2cncn2c1C1=C(C(=O)OCc2ccc([N+](=O)[O-])cc2)N2C(=O)[C@H]([C@@H](C)O)[C@H]2[C@H]1C. The first-order valence-electron chi connectivity index (χ1n) is 10.8. The normalized spacial score (nSPS) is 22.6. The number of fused-ring (bicyclic) bond motifs is 2. The highest BCUT2D eigenvalue weighted by Gasteiger charge is 2.60. The quantitative estimate of drug-likeness (QED) is 0.248. The highest BCUT2D eigenvalue weighted by molar-refractivity contribution is 7.17. The van der Waals surface area contributed by atoms with Gasteiger partial charge in [0.1, 0.15) is 23.5 Å². The molecule has 3 aromatic rings. The number of aryl methyl sites for hydroxylation is 1. The summed E-state index contributed by atoms with van der Waals surface area (Å²) in [6.07, 6.45) is 2.58. The topological polar surface area (TPSA) is 127 Å². The zero-order valence-electron chi connectivity index (χ0n) is 18.7. The highest BCUT2D eigenvalue weighted by atomic mass is 32.1. The number of nitro benzene ring substituents is 1. The number of carbonyl (C=O) groups is 2. The molecule has 0 radical (unpaired) electrons. The summed E-state index contributed by atoms with van der Waals surface area (Å²) in [6.45, 7) is 5.39. The van der Waals surface area contributed by atoms with Crippen LogP contribution in [0.5, 0.6) is 0 Å². The van der Waals surface area contributed by atoms with E-state index in [4.69, 9.17) is 4.74 Å². The van der Waals surface area contributed by atoms with Crippen LogP contribution in [-0.4, -0.2) is 48.3 Å². The fourth-order valence-electron chi connectivity index (χ4n) is 5.02. The van der Waals surface area contributed by atoms with E-state index >= 15 is 0 Å². The Balaban J connectivity index is 1.52. The fraction of sp³-hybridized carbons (Fsp3) is 0.348. The Bertz CT molecular complexity index is 1360. The lowest BCUT2D eigenvalue weighted by atomic mass is 9.77. The second-order valence-corrected chi connectivity index (χ2v) is 9.86. The molecule has 10 nitrogen and oxygen atoms in total. The monoisotopic (exact) mass is 482 g/mol. The van der Waals surface area contributed by atoms with Crippen LogP contribution < -0.4 is 0 Å². The van der Waals surface area contributed by atoms with Crippen molar-refractivity contribution in [1.82, 2.24) is 14.3 Å². The number of carbonyl (C=O) groups excluding carboxylic acids is 2. The summed E-state index contributed by atoms with van der Waals surface area (Å²) in [5.74, 6) is -1.77. The van der Waals surface area contributed by atoms with Crippen LogP contribution in [0.4, 0.5) is 5.69 Å². The first kappa shape index (κ1) is 22.2. The maximum atomic E-state index is 13.4. The smallest absolute Gasteiger partial charge is 0.355 e. The van der Waals surface area contributed by atoms with Crippen molar-refractivity contribution in [3.05, 3.63) is 68.7 Å². The third kappa shape index (κ3) is 3.23. The van der Waals surface area contributed by atoms with E-state index in [9.17, 15) is 24.8 Å². The van der Waals surface area contributed by atoms with Gasteiger partial charge in [0.25, 0.3) is 5.69 Å². The summed E-state index contributed by atoms with van der Waals surface area (Å²) in [4.78, 5) is 44.3. The molecule has 0 bridgehead atoms. The molecule has 11 heteroatoms. The maximum absolute atomic E-state index is 13.4. The maximum Gasteiger partial charge on any atom is 0.355 e. The third-order valence-corrected chi connectivity index (χ3v) is 7.58. The number of non-ortho nitro benzene ring substituents is 1. The minimum Gasteiger partial charge on any atom is -0.456 e. The molecule has 1 fully saturated rings. The summed E-state index contributed by atoms with van der Waals surface area (Å²) in [5, 5.41) is 21.1. The number of esters is 1. The Morgan fingerprint density at radius 3 is 2.71 bits per heavy atom. The van der Waals surface area contributed by atoms with E-state index in [-0.39, 0.29) is 35.9 Å². The molecule has 0 aliphatic carbocycles. The van der Waals surface area contributed by atoms with Gasteiger partial charge in [0, 0.05) is 28.5 Å². The predicted octanol–water partition coefficient (Wildman–Crippen LogP) is 2.92. The lowest BCUT2D eigenvalue weighted by Crippen LogP contribution is -2.63. The molecule has 0 unspecified atom stereocenters. The molecule has 2 aliphatic rings. The van der Waals surface area contributed by atoms with Gasteiger partial charge in [0.05, 0.1) is 34.9 Å². The van der Waals surface area contributed by atoms with Gasteiger partial charge in [-0.05, 0) is 31.5 Å². The van der Waals surface area contributed by atoms with Gasteiger partial charge in [-0.3, -0.25) is 19.3 Å². The number of rotatable bonds is 6. The lowest BCUT2D eigenvalue weighted by Gasteiger charge is -2.46. The number of amides is 1. The number of ether oxygens (including phenoxy) is 1. The van der Waals surface area contributed by atoms with Crippen LogP contribution in [0.25, 0.3) is 10.4 Å². The number of benzene rings is 1. The van der Waals surface area contributed by atoms with Crippen molar-refractivity contribution in [2.45, 2.75) is 39.5 Å². The number of aromatic nitrogens is 2. The highest BCUT2D eigenvalue weighted by Crippen LogP contribution is 2.51. The van der Waals surface area contributed by atoms with Crippen molar-refractivity contribution in [3.8, 4) is 0 Å². The van der Waals surface area contributed by atoms with Gasteiger partial charge < -0.3 is 14.7 Å². The molecule has 5 rings (SSSR count). The van der Waals surface area contributed by atoms with Gasteiger partial charge in [0.2, 0.25) is 5.91 Å². The lowest BCUT2D eigenvalue weighted by molar-refractivity contribution is -0.384. The summed E-state index contributed by atoms with van der Waals surface area (Å²) in [5.41, 5.74) is 2.21. The van der Waals surface area contributed by atoms with E-state index in [0.29, 0.717) is 11.1 Å². The molecule has 4 atom stereocenters. The predicted molar refractivity (Wildman–Crippen MR) is 123 cm³/mol. The molecule has 1 aromatic carbocycles. The van der Waals surface area contributed by atoms with Crippen LogP contribution in [0, 0.1) is 28.9 Å². The Kier molecular flexibility index (Phi) is 5.25. The van der Waals surface area contributed by atoms with E-state index < -0.39 is 22.9 Å². The van der Waals surface area contributed by atoms with Crippen molar-refractivity contribution in [3.63, 3.8) is 0 Å². The largest absolute Gasteiger partial charge is 0.456 e. The number of aliphatic hydroxyl groups is 1. The molecular weight excluding hydrogens is 460 g/mol. The Hall–Kier alpha value is -3.57. The van der Waals surface area contributed by atoms with Crippen LogP contribution in [0.15, 0.2) is 42.5 Å². The molecular formula is C23H22N4O6S. The number of aliphatic hydroxyl groups excluding tert-OH is 1.